The van der Waals surface area contributed by atoms with Crippen molar-refractivity contribution in [1.82, 2.24) is 10.2 Å². The summed E-state index contributed by atoms with van der Waals surface area (Å²) in [6, 6.07) is 13.1. The molecule has 0 aliphatic heterocycles. The van der Waals surface area contributed by atoms with Crippen LogP contribution in [-0.4, -0.2) is 28.5 Å². The number of methoxy groups -OCH3 is 1. The van der Waals surface area contributed by atoms with E-state index in [-0.39, 0.29) is 11.2 Å². The zero-order chi connectivity index (χ0) is 19.4. The lowest BCUT2D eigenvalue weighted by molar-refractivity contribution is -0.115. The van der Waals surface area contributed by atoms with Crippen molar-refractivity contribution in [2.24, 2.45) is 0 Å². The molecule has 0 aliphatic carbocycles. The summed E-state index contributed by atoms with van der Waals surface area (Å²) in [7, 11) is 1.60. The highest BCUT2D eigenvalue weighted by Gasteiger charge is 2.19. The first-order valence-corrected chi connectivity index (χ1v) is 9.37. The van der Waals surface area contributed by atoms with Crippen LogP contribution >= 0.6 is 11.8 Å². The molecule has 0 radical (unpaired) electrons. The first-order valence-electron chi connectivity index (χ1n) is 8.49. The maximum absolute atomic E-state index is 12.4. The number of nitrogens with zero attached hydrogens (tertiary/aromatic N) is 2. The Balaban J connectivity index is 1.63. The number of amides is 1. The minimum absolute atomic E-state index is 0.143. The van der Waals surface area contributed by atoms with Gasteiger partial charge in [0.2, 0.25) is 11.8 Å². The van der Waals surface area contributed by atoms with E-state index >= 15 is 0 Å². The Hall–Kier alpha value is -2.80. The summed E-state index contributed by atoms with van der Waals surface area (Å²) < 4.78 is 10.8. The molecular weight excluding hydrogens is 362 g/mol. The third-order valence-electron chi connectivity index (χ3n) is 4.16. The summed E-state index contributed by atoms with van der Waals surface area (Å²) in [6.07, 6.45) is 0. The first kappa shape index (κ1) is 19.0. The van der Waals surface area contributed by atoms with Crippen LogP contribution in [0.15, 0.2) is 52.1 Å². The molecular formula is C20H21N3O3S. The molecule has 1 atom stereocenters. The van der Waals surface area contributed by atoms with E-state index in [9.17, 15) is 4.79 Å². The van der Waals surface area contributed by atoms with Crippen molar-refractivity contribution < 1.29 is 13.9 Å². The first-order chi connectivity index (χ1) is 13.0. The van der Waals surface area contributed by atoms with E-state index in [0.29, 0.717) is 16.8 Å². The fraction of sp³-hybridized carbons (Fsp3) is 0.250. The van der Waals surface area contributed by atoms with Crippen LogP contribution in [0.1, 0.15) is 18.1 Å². The number of aryl methyl sites for hydroxylation is 2. The second kappa shape index (κ2) is 8.26. The summed E-state index contributed by atoms with van der Waals surface area (Å²) in [5.41, 5.74) is 3.94. The molecule has 0 aliphatic rings. The highest BCUT2D eigenvalue weighted by atomic mass is 32.2. The number of carbonyl (C=O) groups is 1. The highest BCUT2D eigenvalue weighted by molar-refractivity contribution is 8.00. The summed E-state index contributed by atoms with van der Waals surface area (Å²) >= 11 is 1.22. The molecule has 1 N–H and O–H groups in total. The smallest absolute Gasteiger partial charge is 0.277 e. The maximum Gasteiger partial charge on any atom is 0.277 e. The Morgan fingerprint density at radius 2 is 1.85 bits per heavy atom. The molecule has 7 heteroatoms. The second-order valence-electron chi connectivity index (χ2n) is 6.15. The molecule has 6 nitrogen and oxygen atoms in total. The van der Waals surface area contributed by atoms with Gasteiger partial charge in [0.15, 0.2) is 0 Å². The van der Waals surface area contributed by atoms with Crippen LogP contribution in [0.3, 0.4) is 0 Å². The van der Waals surface area contributed by atoms with Crippen molar-refractivity contribution in [2.45, 2.75) is 31.2 Å². The molecule has 2 aromatic carbocycles. The Morgan fingerprint density at radius 3 is 2.52 bits per heavy atom. The van der Waals surface area contributed by atoms with Crippen LogP contribution in [0.2, 0.25) is 0 Å². The van der Waals surface area contributed by atoms with Crippen molar-refractivity contribution in [3.05, 3.63) is 53.6 Å². The number of aromatic nitrogens is 2. The SMILES string of the molecule is COc1ccc(NC(=O)[C@H](C)Sc2nnc(-c3ccc(C)c(C)c3)o2)cc1. The van der Waals surface area contributed by atoms with Gasteiger partial charge in [-0.2, -0.15) is 0 Å². The van der Waals surface area contributed by atoms with E-state index in [1.807, 2.05) is 25.1 Å². The summed E-state index contributed by atoms with van der Waals surface area (Å²) in [5.74, 6) is 1.04. The quantitative estimate of drug-likeness (QED) is 0.632. The van der Waals surface area contributed by atoms with Crippen molar-refractivity contribution in [1.29, 1.82) is 0 Å². The minimum Gasteiger partial charge on any atom is -0.497 e. The monoisotopic (exact) mass is 383 g/mol. The molecule has 140 valence electrons. The lowest BCUT2D eigenvalue weighted by atomic mass is 10.1. The van der Waals surface area contributed by atoms with Crippen LogP contribution in [0.25, 0.3) is 11.5 Å². The number of hydrogen-bond donors (Lipinski definition) is 1. The Kier molecular flexibility index (Phi) is 5.81. The predicted octanol–water partition coefficient (Wildman–Crippen LogP) is 4.48. The van der Waals surface area contributed by atoms with Crippen molar-refractivity contribution in [2.75, 3.05) is 12.4 Å². The van der Waals surface area contributed by atoms with Crippen LogP contribution < -0.4 is 10.1 Å². The average molecular weight is 383 g/mol. The standard InChI is InChI=1S/C20H21N3O3S/c1-12-5-6-15(11-13(12)2)19-22-23-20(26-19)27-14(3)18(24)21-16-7-9-17(25-4)10-8-16/h5-11,14H,1-4H3,(H,21,24)/t14-/m0/s1. The number of benzene rings is 2. The van der Waals surface area contributed by atoms with Crippen LogP contribution in [0, 0.1) is 13.8 Å². The van der Waals surface area contributed by atoms with Crippen molar-refractivity contribution in [3.8, 4) is 17.2 Å². The number of anilines is 1. The van der Waals surface area contributed by atoms with Gasteiger partial charge in [0, 0.05) is 11.3 Å². The predicted molar refractivity (Wildman–Crippen MR) is 106 cm³/mol. The minimum atomic E-state index is -0.389. The number of hydrogen-bond acceptors (Lipinski definition) is 6. The topological polar surface area (TPSA) is 77.2 Å². The van der Waals surface area contributed by atoms with Gasteiger partial charge in [0.25, 0.3) is 5.22 Å². The molecule has 3 aromatic rings. The van der Waals surface area contributed by atoms with Crippen LogP contribution in [-0.2, 0) is 4.79 Å². The van der Waals surface area contributed by atoms with Crippen molar-refractivity contribution in [3.63, 3.8) is 0 Å². The van der Waals surface area contributed by atoms with Gasteiger partial charge in [-0.1, -0.05) is 17.8 Å². The third kappa shape index (κ3) is 4.68. The van der Waals surface area contributed by atoms with Gasteiger partial charge in [-0.25, -0.2) is 0 Å². The molecule has 1 heterocycles. The van der Waals surface area contributed by atoms with Crippen molar-refractivity contribution >= 4 is 23.4 Å². The lowest BCUT2D eigenvalue weighted by Crippen LogP contribution is -2.22. The molecule has 0 spiro atoms. The van der Waals surface area contributed by atoms with E-state index in [0.717, 1.165) is 16.9 Å². The second-order valence-corrected chi connectivity index (χ2v) is 7.44. The summed E-state index contributed by atoms with van der Waals surface area (Å²) in [6.45, 7) is 5.89. The maximum atomic E-state index is 12.4. The third-order valence-corrected chi connectivity index (χ3v) is 5.10. The van der Waals surface area contributed by atoms with Gasteiger partial charge in [0.05, 0.1) is 12.4 Å². The highest BCUT2D eigenvalue weighted by Crippen LogP contribution is 2.28. The van der Waals surface area contributed by atoms with Gasteiger partial charge in [0.1, 0.15) is 5.75 Å². The van der Waals surface area contributed by atoms with Crippen LogP contribution in [0.4, 0.5) is 5.69 Å². The largest absolute Gasteiger partial charge is 0.497 e. The van der Waals surface area contributed by atoms with Gasteiger partial charge in [-0.15, -0.1) is 10.2 Å². The zero-order valence-electron chi connectivity index (χ0n) is 15.6. The molecule has 0 saturated carbocycles. The van der Waals surface area contributed by atoms with E-state index in [1.54, 1.807) is 38.3 Å². The molecule has 0 unspecified atom stereocenters. The Morgan fingerprint density at radius 1 is 1.11 bits per heavy atom. The molecule has 0 saturated heterocycles. The van der Waals surface area contributed by atoms with Crippen LogP contribution in [0.5, 0.6) is 5.75 Å². The molecule has 27 heavy (non-hydrogen) atoms. The fourth-order valence-corrected chi connectivity index (χ4v) is 3.05. The number of nitrogens with one attached hydrogen (secondary N) is 1. The van der Waals surface area contributed by atoms with E-state index in [1.165, 1.54) is 17.3 Å². The van der Waals surface area contributed by atoms with Gasteiger partial charge in [-0.05, 0) is 68.3 Å². The summed E-state index contributed by atoms with van der Waals surface area (Å²) in [4.78, 5) is 12.4. The molecule has 0 bridgehead atoms. The number of carbonyl (C=O) groups excluding carboxylic acids is 1. The number of rotatable bonds is 6. The molecule has 3 rings (SSSR count). The van der Waals surface area contributed by atoms with Gasteiger partial charge < -0.3 is 14.5 Å². The van der Waals surface area contributed by atoms with Gasteiger partial charge >= 0.3 is 0 Å². The number of thioether (sulfide) groups is 1. The lowest BCUT2D eigenvalue weighted by Gasteiger charge is -2.10. The number of ether oxygens (including phenoxy) is 1. The molecule has 1 amide bonds. The van der Waals surface area contributed by atoms with Gasteiger partial charge in [-0.3, -0.25) is 4.79 Å². The summed E-state index contributed by atoms with van der Waals surface area (Å²) in [5, 5.41) is 11.0. The Labute approximate surface area is 162 Å². The normalized spacial score (nSPS) is 11.9. The Bertz CT molecular complexity index is 938. The zero-order valence-corrected chi connectivity index (χ0v) is 16.5. The molecule has 0 fully saturated rings. The fourth-order valence-electron chi connectivity index (χ4n) is 2.37. The van der Waals surface area contributed by atoms with E-state index in [4.69, 9.17) is 9.15 Å². The van der Waals surface area contributed by atoms with E-state index < -0.39 is 0 Å². The molecule has 1 aromatic heterocycles. The van der Waals surface area contributed by atoms with E-state index in [2.05, 4.69) is 22.4 Å². The average Bonchev–Trinajstić information content (AvgIpc) is 3.13.